The van der Waals surface area contributed by atoms with Gasteiger partial charge in [0.05, 0.1) is 11.9 Å². The average Bonchev–Trinajstić information content (AvgIpc) is 2.61. The first-order valence-electron chi connectivity index (χ1n) is 8.98. The van der Waals surface area contributed by atoms with Crippen molar-refractivity contribution in [2.24, 2.45) is 0 Å². The molecule has 25 heavy (non-hydrogen) atoms. The number of rotatable bonds is 4. The first-order chi connectivity index (χ1) is 12.1. The average molecular weight is 338 g/mol. The summed E-state index contributed by atoms with van der Waals surface area (Å²) in [5.41, 5.74) is 4.44. The third kappa shape index (κ3) is 4.95. The summed E-state index contributed by atoms with van der Waals surface area (Å²) in [7, 11) is 0. The lowest BCUT2D eigenvalue weighted by molar-refractivity contribution is 0.244. The number of pyridine rings is 1. The Morgan fingerprint density at radius 3 is 2.44 bits per heavy atom. The van der Waals surface area contributed by atoms with Gasteiger partial charge in [-0.3, -0.25) is 5.32 Å². The summed E-state index contributed by atoms with van der Waals surface area (Å²) >= 11 is 0. The van der Waals surface area contributed by atoms with Crippen molar-refractivity contribution in [3.8, 4) is 0 Å². The Balaban J connectivity index is 1.54. The number of aryl methyl sites for hydroxylation is 2. The maximum absolute atomic E-state index is 12.0. The third-order valence-electron chi connectivity index (χ3n) is 4.74. The van der Waals surface area contributed by atoms with Gasteiger partial charge in [-0.1, -0.05) is 25.3 Å². The summed E-state index contributed by atoms with van der Waals surface area (Å²) < 4.78 is 0. The summed E-state index contributed by atoms with van der Waals surface area (Å²) in [6, 6.07) is 10.1. The second-order valence-corrected chi connectivity index (χ2v) is 6.79. The van der Waals surface area contributed by atoms with Gasteiger partial charge in [-0.05, 0) is 62.1 Å². The number of urea groups is 1. The van der Waals surface area contributed by atoms with E-state index in [0.717, 1.165) is 24.2 Å². The molecule has 2 amide bonds. The zero-order valence-electron chi connectivity index (χ0n) is 14.9. The number of nitrogens with one attached hydrogen (secondary N) is 3. The number of hydrogen-bond donors (Lipinski definition) is 3. The van der Waals surface area contributed by atoms with Crippen molar-refractivity contribution in [2.45, 2.75) is 52.0 Å². The van der Waals surface area contributed by atoms with Crippen LogP contribution in [-0.4, -0.2) is 17.1 Å². The zero-order valence-corrected chi connectivity index (χ0v) is 14.9. The molecule has 5 heteroatoms. The van der Waals surface area contributed by atoms with Crippen molar-refractivity contribution < 1.29 is 4.79 Å². The largest absolute Gasteiger partial charge is 0.354 e. The van der Waals surface area contributed by atoms with E-state index in [2.05, 4.69) is 46.9 Å². The summed E-state index contributed by atoms with van der Waals surface area (Å²) in [6.07, 6.45) is 7.53. The van der Waals surface area contributed by atoms with Crippen LogP contribution < -0.4 is 16.0 Å². The van der Waals surface area contributed by atoms with Gasteiger partial charge in [0, 0.05) is 11.7 Å². The van der Waals surface area contributed by atoms with E-state index in [1.807, 2.05) is 18.2 Å². The molecule has 1 aromatic carbocycles. The fraction of sp³-hybridized carbons (Fsp3) is 0.400. The van der Waals surface area contributed by atoms with E-state index in [1.54, 1.807) is 6.20 Å². The molecule has 2 aromatic rings. The van der Waals surface area contributed by atoms with E-state index in [9.17, 15) is 4.79 Å². The van der Waals surface area contributed by atoms with E-state index in [0.29, 0.717) is 11.9 Å². The zero-order chi connectivity index (χ0) is 17.6. The number of carbonyl (C=O) groups is 1. The minimum absolute atomic E-state index is 0.172. The lowest BCUT2D eigenvalue weighted by atomic mass is 9.96. The second kappa shape index (κ2) is 8.01. The van der Waals surface area contributed by atoms with Crippen LogP contribution in [0, 0.1) is 13.8 Å². The van der Waals surface area contributed by atoms with Gasteiger partial charge in [0.2, 0.25) is 0 Å². The van der Waals surface area contributed by atoms with Crippen LogP contribution in [0.2, 0.25) is 0 Å². The molecule has 0 unspecified atom stereocenters. The summed E-state index contributed by atoms with van der Waals surface area (Å²) in [5.74, 6) is 0.555. The van der Waals surface area contributed by atoms with E-state index < -0.39 is 0 Å². The van der Waals surface area contributed by atoms with E-state index >= 15 is 0 Å². The Bertz CT molecular complexity index is 721. The quantitative estimate of drug-likeness (QED) is 0.743. The number of nitrogens with zero attached hydrogens (tertiary/aromatic N) is 1. The van der Waals surface area contributed by atoms with Crippen molar-refractivity contribution >= 4 is 23.2 Å². The summed E-state index contributed by atoms with van der Waals surface area (Å²) in [6.45, 7) is 4.19. The first-order valence-corrected chi connectivity index (χ1v) is 8.98. The topological polar surface area (TPSA) is 66.0 Å². The molecule has 1 aliphatic carbocycles. The number of anilines is 3. The molecule has 1 heterocycles. The molecule has 0 saturated heterocycles. The van der Waals surface area contributed by atoms with Gasteiger partial charge in [0.1, 0.15) is 5.82 Å². The normalized spacial score (nSPS) is 14.8. The Labute approximate surface area is 149 Å². The lowest BCUT2D eigenvalue weighted by Crippen LogP contribution is -2.39. The SMILES string of the molecule is Cc1ccc(Nc2ccc(NC(=O)NC3CCCCC3)nc2)cc1C. The highest BCUT2D eigenvalue weighted by Crippen LogP contribution is 2.20. The Morgan fingerprint density at radius 2 is 1.76 bits per heavy atom. The Morgan fingerprint density at radius 1 is 1.00 bits per heavy atom. The highest BCUT2D eigenvalue weighted by molar-refractivity contribution is 5.88. The van der Waals surface area contributed by atoms with Crippen molar-refractivity contribution in [1.82, 2.24) is 10.3 Å². The fourth-order valence-corrected chi connectivity index (χ4v) is 3.11. The van der Waals surface area contributed by atoms with Crippen LogP contribution in [-0.2, 0) is 0 Å². The molecule has 0 atom stereocenters. The van der Waals surface area contributed by atoms with Crippen molar-refractivity contribution in [3.63, 3.8) is 0 Å². The van der Waals surface area contributed by atoms with Crippen LogP contribution >= 0.6 is 0 Å². The van der Waals surface area contributed by atoms with Gasteiger partial charge in [0.15, 0.2) is 0 Å². The molecule has 5 nitrogen and oxygen atoms in total. The van der Waals surface area contributed by atoms with Crippen LogP contribution in [0.25, 0.3) is 0 Å². The van der Waals surface area contributed by atoms with Gasteiger partial charge in [-0.25, -0.2) is 9.78 Å². The highest BCUT2D eigenvalue weighted by Gasteiger charge is 2.15. The predicted molar refractivity (Wildman–Crippen MR) is 102 cm³/mol. The van der Waals surface area contributed by atoms with E-state index in [1.165, 1.54) is 30.4 Å². The smallest absolute Gasteiger partial charge is 0.320 e. The minimum atomic E-state index is -0.172. The first kappa shape index (κ1) is 17.3. The maximum atomic E-state index is 12.0. The molecular formula is C20H26N4O. The van der Waals surface area contributed by atoms with Crippen LogP contribution in [0.5, 0.6) is 0 Å². The highest BCUT2D eigenvalue weighted by atomic mass is 16.2. The molecular weight excluding hydrogens is 312 g/mol. The molecule has 1 fully saturated rings. The number of aromatic nitrogens is 1. The molecule has 1 aliphatic rings. The Kier molecular flexibility index (Phi) is 5.53. The lowest BCUT2D eigenvalue weighted by Gasteiger charge is -2.22. The monoisotopic (exact) mass is 338 g/mol. The molecule has 3 rings (SSSR count). The van der Waals surface area contributed by atoms with Crippen molar-refractivity contribution in [1.29, 1.82) is 0 Å². The Hall–Kier alpha value is -2.56. The number of carbonyl (C=O) groups excluding carboxylic acids is 1. The number of hydrogen-bond acceptors (Lipinski definition) is 3. The van der Waals surface area contributed by atoms with Gasteiger partial charge in [-0.2, -0.15) is 0 Å². The van der Waals surface area contributed by atoms with Crippen LogP contribution in [0.3, 0.4) is 0 Å². The fourth-order valence-electron chi connectivity index (χ4n) is 3.11. The van der Waals surface area contributed by atoms with Crippen molar-refractivity contribution in [3.05, 3.63) is 47.7 Å². The molecule has 0 spiro atoms. The summed E-state index contributed by atoms with van der Waals surface area (Å²) in [5, 5.41) is 9.16. The van der Waals surface area contributed by atoms with Crippen LogP contribution in [0.1, 0.15) is 43.2 Å². The number of benzene rings is 1. The van der Waals surface area contributed by atoms with Gasteiger partial charge >= 0.3 is 6.03 Å². The van der Waals surface area contributed by atoms with E-state index in [-0.39, 0.29) is 6.03 Å². The van der Waals surface area contributed by atoms with Gasteiger partial charge in [-0.15, -0.1) is 0 Å². The summed E-state index contributed by atoms with van der Waals surface area (Å²) in [4.78, 5) is 16.4. The number of amides is 2. The molecule has 0 radical (unpaired) electrons. The molecule has 1 aromatic heterocycles. The van der Waals surface area contributed by atoms with Crippen molar-refractivity contribution in [2.75, 3.05) is 10.6 Å². The molecule has 1 saturated carbocycles. The van der Waals surface area contributed by atoms with Crippen LogP contribution in [0.4, 0.5) is 22.0 Å². The molecule has 132 valence electrons. The maximum Gasteiger partial charge on any atom is 0.320 e. The molecule has 0 bridgehead atoms. The van der Waals surface area contributed by atoms with Gasteiger partial charge < -0.3 is 10.6 Å². The minimum Gasteiger partial charge on any atom is -0.354 e. The molecule has 3 N–H and O–H groups in total. The third-order valence-corrected chi connectivity index (χ3v) is 4.74. The standard InChI is InChI=1S/C20H26N4O/c1-14-8-9-17(12-15(14)2)22-18-10-11-19(21-13-18)24-20(25)23-16-6-4-3-5-7-16/h8-13,16,22H,3-7H2,1-2H3,(H2,21,23,24,25). The second-order valence-electron chi connectivity index (χ2n) is 6.79. The van der Waals surface area contributed by atoms with Crippen LogP contribution in [0.15, 0.2) is 36.5 Å². The predicted octanol–water partition coefficient (Wildman–Crippen LogP) is 4.90. The van der Waals surface area contributed by atoms with E-state index in [4.69, 9.17) is 0 Å². The van der Waals surface area contributed by atoms with Gasteiger partial charge in [0.25, 0.3) is 0 Å². The molecule has 0 aliphatic heterocycles.